The molecule has 0 bridgehead atoms. The summed E-state index contributed by atoms with van der Waals surface area (Å²) in [5.41, 5.74) is -1.18. The Morgan fingerprint density at radius 2 is 1.89 bits per heavy atom. The fourth-order valence-electron chi connectivity index (χ4n) is 5.86. The number of imide groups is 2. The SMILES string of the molecule is C[C@@H]1CN2c3c(cc4c(N5CCOC5=O)ncnc4c3F)CC3(C(=O)NC(=O)NC3=O)[C@H]2[C@H](C)O1. The zero-order valence-corrected chi connectivity index (χ0v) is 18.8. The summed E-state index contributed by atoms with van der Waals surface area (Å²) in [5, 5.41) is 4.65. The number of halogens is 1. The zero-order chi connectivity index (χ0) is 24.6. The molecule has 2 aromatic rings. The molecule has 13 heteroatoms. The first kappa shape index (κ1) is 21.6. The number of nitrogens with one attached hydrogen (secondary N) is 2. The van der Waals surface area contributed by atoms with E-state index in [9.17, 15) is 19.2 Å². The predicted molar refractivity (Wildman–Crippen MR) is 117 cm³/mol. The fraction of sp³-hybridized carbons (Fsp3) is 0.455. The van der Waals surface area contributed by atoms with E-state index in [0.717, 1.165) is 0 Å². The van der Waals surface area contributed by atoms with Gasteiger partial charge in [-0.25, -0.2) is 23.9 Å². The van der Waals surface area contributed by atoms with E-state index in [-0.39, 0.29) is 54.6 Å². The van der Waals surface area contributed by atoms with Gasteiger partial charge in [0.15, 0.2) is 11.2 Å². The number of carbonyl (C=O) groups excluding carboxylic acids is 4. The Balaban J connectivity index is 1.61. The van der Waals surface area contributed by atoms with Crippen molar-refractivity contribution < 1.29 is 33.0 Å². The van der Waals surface area contributed by atoms with Crippen molar-refractivity contribution in [2.45, 2.75) is 38.5 Å². The lowest BCUT2D eigenvalue weighted by Crippen LogP contribution is -2.75. The molecule has 5 amide bonds. The van der Waals surface area contributed by atoms with Gasteiger partial charge in [0, 0.05) is 18.4 Å². The molecule has 3 atom stereocenters. The third kappa shape index (κ3) is 2.87. The monoisotopic (exact) mass is 484 g/mol. The maximum Gasteiger partial charge on any atom is 0.415 e. The summed E-state index contributed by atoms with van der Waals surface area (Å²) in [6.07, 6.45) is -0.580. The van der Waals surface area contributed by atoms with Crippen molar-refractivity contribution in [3.05, 3.63) is 23.8 Å². The van der Waals surface area contributed by atoms with Gasteiger partial charge >= 0.3 is 12.1 Å². The average molecular weight is 484 g/mol. The second kappa shape index (κ2) is 7.31. The van der Waals surface area contributed by atoms with Gasteiger partial charge in [0.05, 0.1) is 30.5 Å². The first-order valence-electron chi connectivity index (χ1n) is 11.2. The maximum atomic E-state index is 16.2. The molecule has 0 saturated carbocycles. The number of aromatic nitrogens is 2. The molecular weight excluding hydrogens is 463 g/mol. The number of morpholine rings is 1. The van der Waals surface area contributed by atoms with Gasteiger partial charge < -0.3 is 14.4 Å². The molecule has 2 N–H and O–H groups in total. The normalized spacial score (nSPS) is 27.5. The minimum atomic E-state index is -1.75. The van der Waals surface area contributed by atoms with Crippen molar-refractivity contribution in [2.24, 2.45) is 5.41 Å². The van der Waals surface area contributed by atoms with Crippen molar-refractivity contribution in [3.8, 4) is 0 Å². The Bertz CT molecular complexity index is 1310. The number of anilines is 2. The van der Waals surface area contributed by atoms with Crippen LogP contribution in [0, 0.1) is 11.2 Å². The Morgan fingerprint density at radius 3 is 2.57 bits per heavy atom. The van der Waals surface area contributed by atoms with Crippen molar-refractivity contribution in [3.63, 3.8) is 0 Å². The van der Waals surface area contributed by atoms with Crippen molar-refractivity contribution in [1.82, 2.24) is 20.6 Å². The molecule has 182 valence electrons. The smallest absolute Gasteiger partial charge is 0.415 e. The standard InChI is InChI=1S/C22H21FN6O6/c1-9-7-29-15-11(6-22(16(29)10(2)35-9)18(30)26-20(32)27-19(22)31)5-12-14(13(15)23)24-8-25-17(12)28-3-4-34-21(28)33/h5,8-10,16H,3-4,6-7H2,1-2H3,(H2,26,27,30,31,32)/t9-,10+,16-/m1/s1. The number of ether oxygens (including phenoxy) is 2. The van der Waals surface area contributed by atoms with E-state index in [2.05, 4.69) is 20.6 Å². The number of fused-ring (bicyclic) bond motifs is 5. The van der Waals surface area contributed by atoms with Crippen LogP contribution < -0.4 is 20.4 Å². The number of cyclic esters (lactones) is 1. The highest BCUT2D eigenvalue weighted by atomic mass is 19.1. The molecule has 4 aliphatic rings. The molecular formula is C22H21FN6O6. The van der Waals surface area contributed by atoms with E-state index >= 15 is 4.39 Å². The largest absolute Gasteiger partial charge is 0.447 e. The van der Waals surface area contributed by atoms with Crippen molar-refractivity contribution in [2.75, 3.05) is 29.5 Å². The van der Waals surface area contributed by atoms with Gasteiger partial charge in [0.25, 0.3) is 0 Å². The third-order valence-corrected chi connectivity index (χ3v) is 7.12. The van der Waals surface area contributed by atoms with Crippen LogP contribution in [0.2, 0.25) is 0 Å². The number of barbiturate groups is 1. The van der Waals surface area contributed by atoms with E-state index in [1.807, 2.05) is 6.92 Å². The van der Waals surface area contributed by atoms with Gasteiger partial charge in [-0.2, -0.15) is 0 Å². The minimum absolute atomic E-state index is 0.00247. The first-order valence-corrected chi connectivity index (χ1v) is 11.2. The van der Waals surface area contributed by atoms with Crippen LogP contribution in [0.15, 0.2) is 12.4 Å². The molecule has 5 heterocycles. The summed E-state index contributed by atoms with van der Waals surface area (Å²) in [7, 11) is 0. The molecule has 6 rings (SSSR count). The molecule has 0 radical (unpaired) electrons. The van der Waals surface area contributed by atoms with Crippen LogP contribution in [0.25, 0.3) is 10.9 Å². The van der Waals surface area contributed by atoms with E-state index in [0.29, 0.717) is 5.56 Å². The molecule has 1 aromatic heterocycles. The number of benzene rings is 1. The van der Waals surface area contributed by atoms with Gasteiger partial charge in [0.1, 0.15) is 24.3 Å². The molecule has 35 heavy (non-hydrogen) atoms. The van der Waals surface area contributed by atoms with Crippen LogP contribution in [0.1, 0.15) is 19.4 Å². The minimum Gasteiger partial charge on any atom is -0.447 e. The van der Waals surface area contributed by atoms with Gasteiger partial charge in [-0.15, -0.1) is 0 Å². The molecule has 3 saturated heterocycles. The van der Waals surface area contributed by atoms with Crippen LogP contribution in [0.5, 0.6) is 0 Å². The Hall–Kier alpha value is -3.87. The number of rotatable bonds is 1. The highest BCUT2D eigenvalue weighted by molar-refractivity contribution is 6.20. The van der Waals surface area contributed by atoms with Gasteiger partial charge in [-0.1, -0.05) is 0 Å². The Labute approximate surface area is 197 Å². The highest BCUT2D eigenvalue weighted by Crippen LogP contribution is 2.49. The quantitative estimate of drug-likeness (QED) is 0.557. The number of hydrogen-bond acceptors (Lipinski definition) is 9. The molecule has 1 spiro atoms. The maximum absolute atomic E-state index is 16.2. The van der Waals surface area contributed by atoms with Crippen molar-refractivity contribution >= 4 is 46.3 Å². The molecule has 3 fully saturated rings. The second-order valence-electron chi connectivity index (χ2n) is 9.19. The van der Waals surface area contributed by atoms with E-state index in [1.165, 1.54) is 11.2 Å². The summed E-state index contributed by atoms with van der Waals surface area (Å²) in [4.78, 5) is 61.9. The summed E-state index contributed by atoms with van der Waals surface area (Å²) in [6.45, 7) is 4.14. The van der Waals surface area contributed by atoms with E-state index < -0.39 is 47.3 Å². The topological polar surface area (TPSA) is 143 Å². The molecule has 12 nitrogen and oxygen atoms in total. The summed E-state index contributed by atoms with van der Waals surface area (Å²) in [6, 6.07) is -0.177. The zero-order valence-electron chi connectivity index (χ0n) is 18.8. The Kier molecular flexibility index (Phi) is 4.52. The van der Waals surface area contributed by atoms with Crippen LogP contribution in [0.3, 0.4) is 0 Å². The summed E-state index contributed by atoms with van der Waals surface area (Å²) >= 11 is 0. The van der Waals surface area contributed by atoms with Gasteiger partial charge in [-0.05, 0) is 25.5 Å². The third-order valence-electron chi connectivity index (χ3n) is 7.12. The number of carbonyl (C=O) groups is 4. The lowest BCUT2D eigenvalue weighted by Gasteiger charge is -2.55. The van der Waals surface area contributed by atoms with Crippen LogP contribution in [-0.4, -0.2) is 71.9 Å². The van der Waals surface area contributed by atoms with Crippen LogP contribution in [-0.2, 0) is 25.5 Å². The van der Waals surface area contributed by atoms with Crippen LogP contribution in [0.4, 0.5) is 25.5 Å². The van der Waals surface area contributed by atoms with Gasteiger partial charge in [0.2, 0.25) is 11.8 Å². The predicted octanol–water partition coefficient (Wildman–Crippen LogP) is 0.616. The lowest BCUT2D eigenvalue weighted by molar-refractivity contribution is -0.153. The molecule has 1 aromatic carbocycles. The summed E-state index contributed by atoms with van der Waals surface area (Å²) in [5.74, 6) is -2.02. The van der Waals surface area contributed by atoms with E-state index in [1.54, 1.807) is 17.9 Å². The number of hydrogen-bond donors (Lipinski definition) is 2. The fourth-order valence-corrected chi connectivity index (χ4v) is 5.86. The number of nitrogens with zero attached hydrogens (tertiary/aromatic N) is 4. The molecule has 0 aliphatic carbocycles. The second-order valence-corrected chi connectivity index (χ2v) is 9.19. The average Bonchev–Trinajstić information content (AvgIpc) is 3.22. The van der Waals surface area contributed by atoms with E-state index in [4.69, 9.17) is 9.47 Å². The molecule has 0 unspecified atom stereocenters. The number of urea groups is 1. The van der Waals surface area contributed by atoms with Gasteiger partial charge in [-0.3, -0.25) is 25.1 Å². The van der Waals surface area contributed by atoms with Crippen LogP contribution >= 0.6 is 0 Å². The van der Waals surface area contributed by atoms with Crippen molar-refractivity contribution in [1.29, 1.82) is 0 Å². The Morgan fingerprint density at radius 1 is 1.14 bits per heavy atom. The summed E-state index contributed by atoms with van der Waals surface area (Å²) < 4.78 is 27.2. The first-order chi connectivity index (χ1) is 16.7. The lowest BCUT2D eigenvalue weighted by atomic mass is 9.66. The number of amides is 5. The molecule has 4 aliphatic heterocycles. The highest BCUT2D eigenvalue weighted by Gasteiger charge is 2.63.